The van der Waals surface area contributed by atoms with Gasteiger partial charge in [0.05, 0.1) is 18.2 Å². The van der Waals surface area contributed by atoms with E-state index in [0.29, 0.717) is 41.8 Å². The van der Waals surface area contributed by atoms with Crippen molar-refractivity contribution in [2.24, 2.45) is 0 Å². The van der Waals surface area contributed by atoms with E-state index in [0.717, 1.165) is 19.5 Å². The summed E-state index contributed by atoms with van der Waals surface area (Å²) in [4.78, 5) is 14.7. The second kappa shape index (κ2) is 8.41. The number of benzene rings is 1. The first-order valence-electron chi connectivity index (χ1n) is 8.19. The lowest BCUT2D eigenvalue weighted by molar-refractivity contribution is 0.0655. The van der Waals surface area contributed by atoms with E-state index in [1.165, 1.54) is 0 Å². The molecule has 2 rings (SSSR count). The molecule has 1 aliphatic rings. The molecule has 0 bridgehead atoms. The van der Waals surface area contributed by atoms with Crippen LogP contribution in [-0.4, -0.2) is 49.7 Å². The molecule has 1 aromatic rings. The van der Waals surface area contributed by atoms with E-state index < -0.39 is 0 Å². The molecule has 1 saturated heterocycles. The van der Waals surface area contributed by atoms with Crippen molar-refractivity contribution in [2.75, 3.05) is 32.8 Å². The molecule has 128 valence electrons. The second-order valence-electron chi connectivity index (χ2n) is 5.62. The molecular formula is C17H25ClN2O3. The van der Waals surface area contributed by atoms with Crippen LogP contribution in [0.3, 0.4) is 0 Å². The van der Waals surface area contributed by atoms with Gasteiger partial charge in [0.25, 0.3) is 5.91 Å². The van der Waals surface area contributed by atoms with Gasteiger partial charge in [-0.05, 0) is 32.4 Å². The van der Waals surface area contributed by atoms with Crippen LogP contribution in [0.4, 0.5) is 0 Å². The number of piperazine rings is 1. The highest BCUT2D eigenvalue weighted by Gasteiger charge is 2.26. The predicted octanol–water partition coefficient (Wildman–Crippen LogP) is 2.96. The Bertz CT molecular complexity index is 551. The zero-order valence-electron chi connectivity index (χ0n) is 14.0. The molecule has 1 N–H and O–H groups in total. The largest absolute Gasteiger partial charge is 0.490 e. The van der Waals surface area contributed by atoms with Crippen LogP contribution in [0.1, 0.15) is 37.6 Å². The zero-order chi connectivity index (χ0) is 16.8. The Kier molecular flexibility index (Phi) is 6.54. The Balaban J connectivity index is 2.29. The van der Waals surface area contributed by atoms with Gasteiger partial charge in [0, 0.05) is 31.2 Å². The van der Waals surface area contributed by atoms with Crippen LogP contribution in [0.25, 0.3) is 0 Å². The van der Waals surface area contributed by atoms with Crippen molar-refractivity contribution in [3.8, 4) is 11.5 Å². The third kappa shape index (κ3) is 4.30. The lowest BCUT2D eigenvalue weighted by atomic mass is 10.1. The van der Waals surface area contributed by atoms with E-state index in [1.807, 2.05) is 25.7 Å². The minimum atomic E-state index is -0.0242. The molecule has 1 fully saturated rings. The van der Waals surface area contributed by atoms with Crippen molar-refractivity contribution in [3.63, 3.8) is 0 Å². The van der Waals surface area contributed by atoms with Crippen LogP contribution in [0, 0.1) is 0 Å². The Hall–Kier alpha value is -1.46. The van der Waals surface area contributed by atoms with E-state index in [1.54, 1.807) is 12.1 Å². The van der Waals surface area contributed by atoms with Gasteiger partial charge < -0.3 is 19.7 Å². The van der Waals surface area contributed by atoms with Crippen LogP contribution in [-0.2, 0) is 0 Å². The summed E-state index contributed by atoms with van der Waals surface area (Å²) in [5.74, 6) is 1.02. The normalized spacial score (nSPS) is 17.9. The summed E-state index contributed by atoms with van der Waals surface area (Å²) in [7, 11) is 0. The first kappa shape index (κ1) is 17.9. The lowest BCUT2D eigenvalue weighted by Crippen LogP contribution is -2.52. The molecule has 1 aliphatic heterocycles. The summed E-state index contributed by atoms with van der Waals surface area (Å²) in [6.45, 7) is 9.30. The summed E-state index contributed by atoms with van der Waals surface area (Å²) in [5, 5.41) is 3.69. The van der Waals surface area contributed by atoms with E-state index >= 15 is 0 Å². The Labute approximate surface area is 142 Å². The quantitative estimate of drug-likeness (QED) is 0.865. The smallest absolute Gasteiger partial charge is 0.254 e. The molecule has 0 radical (unpaired) electrons. The van der Waals surface area contributed by atoms with Crippen LogP contribution in [0.5, 0.6) is 11.5 Å². The minimum absolute atomic E-state index is 0.0242. The third-order valence-corrected chi connectivity index (χ3v) is 4.05. The van der Waals surface area contributed by atoms with Crippen molar-refractivity contribution < 1.29 is 14.3 Å². The van der Waals surface area contributed by atoms with Gasteiger partial charge in [0.15, 0.2) is 11.5 Å². The first-order chi connectivity index (χ1) is 11.1. The summed E-state index contributed by atoms with van der Waals surface area (Å²) < 4.78 is 11.3. The number of hydrogen-bond acceptors (Lipinski definition) is 4. The molecule has 0 unspecified atom stereocenters. The van der Waals surface area contributed by atoms with Gasteiger partial charge in [0.1, 0.15) is 0 Å². The van der Waals surface area contributed by atoms with Crippen molar-refractivity contribution in [1.82, 2.24) is 10.2 Å². The highest BCUT2D eigenvalue weighted by Crippen LogP contribution is 2.37. The third-order valence-electron chi connectivity index (χ3n) is 3.77. The average molecular weight is 341 g/mol. The summed E-state index contributed by atoms with van der Waals surface area (Å²) >= 11 is 6.34. The van der Waals surface area contributed by atoms with Gasteiger partial charge in [-0.2, -0.15) is 0 Å². The maximum absolute atomic E-state index is 12.8. The minimum Gasteiger partial charge on any atom is -0.490 e. The van der Waals surface area contributed by atoms with Gasteiger partial charge in [-0.25, -0.2) is 0 Å². The average Bonchev–Trinajstić information content (AvgIpc) is 2.54. The van der Waals surface area contributed by atoms with Gasteiger partial charge in [-0.3, -0.25) is 4.79 Å². The fourth-order valence-corrected chi connectivity index (χ4v) is 2.87. The molecule has 1 atom stereocenters. The van der Waals surface area contributed by atoms with Gasteiger partial charge in [-0.15, -0.1) is 0 Å². The number of halogens is 1. The highest BCUT2D eigenvalue weighted by atomic mass is 35.5. The number of ether oxygens (including phenoxy) is 2. The topological polar surface area (TPSA) is 50.8 Å². The number of amides is 1. The molecular weight excluding hydrogens is 316 g/mol. The molecule has 0 spiro atoms. The summed E-state index contributed by atoms with van der Waals surface area (Å²) in [6.07, 6.45) is 0.876. The van der Waals surface area contributed by atoms with E-state index in [4.69, 9.17) is 21.1 Å². The van der Waals surface area contributed by atoms with Crippen molar-refractivity contribution >= 4 is 17.5 Å². The molecule has 23 heavy (non-hydrogen) atoms. The Morgan fingerprint density at radius 3 is 2.83 bits per heavy atom. The van der Waals surface area contributed by atoms with Gasteiger partial charge in [-0.1, -0.05) is 18.5 Å². The number of nitrogens with one attached hydrogen (secondary N) is 1. The van der Waals surface area contributed by atoms with E-state index in [-0.39, 0.29) is 11.9 Å². The standard InChI is InChI=1S/C17H25ClN2O3/c1-4-8-23-16-14(18)9-13(10-15(16)22-5-2)17(21)20-7-6-19-11-12(20)3/h9-10,12,19H,4-8,11H2,1-3H3/t12-/m0/s1. The number of hydrogen-bond donors (Lipinski definition) is 1. The van der Waals surface area contributed by atoms with Crippen LogP contribution >= 0.6 is 11.6 Å². The van der Waals surface area contributed by atoms with E-state index in [9.17, 15) is 4.79 Å². The molecule has 0 aliphatic carbocycles. The summed E-state index contributed by atoms with van der Waals surface area (Å²) in [6, 6.07) is 3.56. The SMILES string of the molecule is CCCOc1c(Cl)cc(C(=O)N2CCNC[C@@H]2C)cc1OCC. The number of carbonyl (C=O) groups is 1. The molecule has 0 aromatic heterocycles. The highest BCUT2D eigenvalue weighted by molar-refractivity contribution is 6.32. The molecule has 0 saturated carbocycles. The predicted molar refractivity (Wildman–Crippen MR) is 91.8 cm³/mol. The summed E-state index contributed by atoms with van der Waals surface area (Å²) in [5.41, 5.74) is 0.538. The maximum atomic E-state index is 12.8. The van der Waals surface area contributed by atoms with Crippen LogP contribution in [0.2, 0.25) is 5.02 Å². The van der Waals surface area contributed by atoms with Crippen LogP contribution < -0.4 is 14.8 Å². The second-order valence-corrected chi connectivity index (χ2v) is 6.03. The lowest BCUT2D eigenvalue weighted by Gasteiger charge is -2.34. The monoisotopic (exact) mass is 340 g/mol. The van der Waals surface area contributed by atoms with Crippen molar-refractivity contribution in [2.45, 2.75) is 33.2 Å². The zero-order valence-corrected chi connectivity index (χ0v) is 14.8. The van der Waals surface area contributed by atoms with Gasteiger partial charge in [0.2, 0.25) is 0 Å². The van der Waals surface area contributed by atoms with Crippen molar-refractivity contribution in [3.05, 3.63) is 22.7 Å². The number of carbonyl (C=O) groups excluding carboxylic acids is 1. The molecule has 6 heteroatoms. The molecule has 1 amide bonds. The van der Waals surface area contributed by atoms with E-state index in [2.05, 4.69) is 5.32 Å². The molecule has 1 aromatic carbocycles. The Morgan fingerprint density at radius 1 is 1.39 bits per heavy atom. The fourth-order valence-electron chi connectivity index (χ4n) is 2.61. The van der Waals surface area contributed by atoms with Gasteiger partial charge >= 0.3 is 0 Å². The maximum Gasteiger partial charge on any atom is 0.254 e. The fraction of sp³-hybridized carbons (Fsp3) is 0.588. The Morgan fingerprint density at radius 2 is 2.17 bits per heavy atom. The number of nitrogens with zero attached hydrogens (tertiary/aromatic N) is 1. The van der Waals surface area contributed by atoms with Crippen LogP contribution in [0.15, 0.2) is 12.1 Å². The first-order valence-corrected chi connectivity index (χ1v) is 8.57. The molecule has 5 nitrogen and oxygen atoms in total. The molecule has 1 heterocycles. The van der Waals surface area contributed by atoms with Crippen molar-refractivity contribution in [1.29, 1.82) is 0 Å². The number of rotatable bonds is 6.